The molecular weight excluding hydrogens is 412 g/mol. The molecule has 7 nitrogen and oxygen atoms in total. The maximum Gasteiger partial charge on any atom is 0.274 e. The fraction of sp³-hybridized carbons (Fsp3) is 0.316. The van der Waals surface area contributed by atoms with E-state index in [0.717, 1.165) is 28.0 Å². The van der Waals surface area contributed by atoms with Crippen LogP contribution >= 0.6 is 15.9 Å². The van der Waals surface area contributed by atoms with Gasteiger partial charge in [0.15, 0.2) is 5.69 Å². The summed E-state index contributed by atoms with van der Waals surface area (Å²) in [6.07, 6.45) is 1.71. The molecule has 2 heterocycles. The van der Waals surface area contributed by atoms with Gasteiger partial charge < -0.3 is 14.6 Å². The van der Waals surface area contributed by atoms with E-state index in [4.69, 9.17) is 9.26 Å². The van der Waals surface area contributed by atoms with Gasteiger partial charge in [0.05, 0.1) is 28.5 Å². The molecule has 142 valence electrons. The molecule has 0 atom stereocenters. The fourth-order valence-corrected chi connectivity index (χ4v) is 3.05. The Hall–Kier alpha value is -2.61. The summed E-state index contributed by atoms with van der Waals surface area (Å²) in [5.41, 5.74) is 2.92. The molecule has 3 aromatic rings. The zero-order valence-electron chi connectivity index (χ0n) is 15.5. The number of ether oxygens (including phenoxy) is 1. The van der Waals surface area contributed by atoms with Crippen molar-refractivity contribution in [1.29, 1.82) is 0 Å². The van der Waals surface area contributed by atoms with E-state index in [1.54, 1.807) is 13.1 Å². The normalized spacial score (nSPS) is 10.8. The van der Waals surface area contributed by atoms with Crippen LogP contribution in [-0.4, -0.2) is 20.8 Å². The molecule has 0 saturated carbocycles. The number of halogens is 1. The molecule has 1 amide bonds. The smallest absolute Gasteiger partial charge is 0.274 e. The molecule has 0 aliphatic carbocycles. The molecule has 0 aliphatic heterocycles. The highest BCUT2D eigenvalue weighted by atomic mass is 79.9. The molecule has 2 aromatic heterocycles. The van der Waals surface area contributed by atoms with Gasteiger partial charge in [-0.15, -0.1) is 0 Å². The van der Waals surface area contributed by atoms with Crippen LogP contribution in [0.25, 0.3) is 0 Å². The highest BCUT2D eigenvalue weighted by Gasteiger charge is 2.21. The average Bonchev–Trinajstić information content (AvgIpc) is 3.21. The zero-order chi connectivity index (χ0) is 19.4. The van der Waals surface area contributed by atoms with E-state index in [0.29, 0.717) is 17.9 Å². The predicted molar refractivity (Wildman–Crippen MR) is 104 cm³/mol. The standard InChI is InChI=1S/C19H21BrN4O3/c1-4-24-17(16(20)9-22-24)10-21-19(25)18-15(13(3)27-23-18)11-26-14-7-5-12(2)6-8-14/h5-9H,4,10-11H2,1-3H3,(H,21,25). The number of benzene rings is 1. The van der Waals surface area contributed by atoms with Gasteiger partial charge in [0.1, 0.15) is 18.1 Å². The van der Waals surface area contributed by atoms with Gasteiger partial charge in [-0.2, -0.15) is 5.10 Å². The second kappa shape index (κ2) is 8.39. The van der Waals surface area contributed by atoms with Gasteiger partial charge in [0.25, 0.3) is 5.91 Å². The Kier molecular flexibility index (Phi) is 5.95. The van der Waals surface area contributed by atoms with Gasteiger partial charge in [0, 0.05) is 6.54 Å². The van der Waals surface area contributed by atoms with Crippen LogP contribution in [0.4, 0.5) is 0 Å². The number of aromatic nitrogens is 3. The molecule has 0 aliphatic rings. The lowest BCUT2D eigenvalue weighted by atomic mass is 10.2. The summed E-state index contributed by atoms with van der Waals surface area (Å²) in [7, 11) is 0. The molecule has 27 heavy (non-hydrogen) atoms. The van der Waals surface area contributed by atoms with E-state index in [-0.39, 0.29) is 18.2 Å². The Morgan fingerprint density at radius 1 is 1.30 bits per heavy atom. The van der Waals surface area contributed by atoms with Crippen LogP contribution in [0.2, 0.25) is 0 Å². The first-order valence-electron chi connectivity index (χ1n) is 8.62. The highest BCUT2D eigenvalue weighted by Crippen LogP contribution is 2.19. The van der Waals surface area contributed by atoms with Crippen LogP contribution in [0.5, 0.6) is 5.75 Å². The van der Waals surface area contributed by atoms with Crippen molar-refractivity contribution < 1.29 is 14.1 Å². The van der Waals surface area contributed by atoms with Crippen molar-refractivity contribution in [2.75, 3.05) is 0 Å². The maximum absolute atomic E-state index is 12.6. The minimum Gasteiger partial charge on any atom is -0.489 e. The lowest BCUT2D eigenvalue weighted by Crippen LogP contribution is -2.26. The first-order chi connectivity index (χ1) is 13.0. The molecule has 0 radical (unpaired) electrons. The van der Waals surface area contributed by atoms with Crippen LogP contribution < -0.4 is 10.1 Å². The molecule has 0 saturated heterocycles. The van der Waals surface area contributed by atoms with Gasteiger partial charge in [-0.05, 0) is 48.8 Å². The number of nitrogens with zero attached hydrogens (tertiary/aromatic N) is 3. The van der Waals surface area contributed by atoms with Crippen molar-refractivity contribution in [3.8, 4) is 5.75 Å². The Morgan fingerprint density at radius 2 is 2.04 bits per heavy atom. The number of aryl methyl sites for hydroxylation is 3. The lowest BCUT2D eigenvalue weighted by molar-refractivity contribution is 0.0938. The summed E-state index contributed by atoms with van der Waals surface area (Å²) in [5, 5.41) is 11.0. The Morgan fingerprint density at radius 3 is 2.74 bits per heavy atom. The Bertz CT molecular complexity index is 931. The highest BCUT2D eigenvalue weighted by molar-refractivity contribution is 9.10. The number of carbonyl (C=O) groups excluding carboxylic acids is 1. The van der Waals surface area contributed by atoms with Crippen LogP contribution in [0, 0.1) is 13.8 Å². The van der Waals surface area contributed by atoms with E-state index in [2.05, 4.69) is 31.5 Å². The van der Waals surface area contributed by atoms with Crippen LogP contribution in [-0.2, 0) is 19.7 Å². The van der Waals surface area contributed by atoms with Crippen molar-refractivity contribution in [3.63, 3.8) is 0 Å². The number of hydrogen-bond acceptors (Lipinski definition) is 5. The average molecular weight is 433 g/mol. The zero-order valence-corrected chi connectivity index (χ0v) is 17.0. The third-order valence-corrected chi connectivity index (χ3v) is 4.88. The molecule has 0 bridgehead atoms. The molecule has 0 spiro atoms. The van der Waals surface area contributed by atoms with Gasteiger partial charge in [0.2, 0.25) is 0 Å². The summed E-state index contributed by atoms with van der Waals surface area (Å²) >= 11 is 3.45. The second-order valence-electron chi connectivity index (χ2n) is 6.11. The van der Waals surface area contributed by atoms with E-state index in [9.17, 15) is 4.79 Å². The summed E-state index contributed by atoms with van der Waals surface area (Å²) < 4.78 is 13.7. The first kappa shape index (κ1) is 19.2. The molecule has 3 rings (SSSR count). The summed E-state index contributed by atoms with van der Waals surface area (Å²) in [6.45, 7) is 7.02. The molecule has 8 heteroatoms. The number of rotatable bonds is 7. The van der Waals surface area contributed by atoms with Crippen LogP contribution in [0.15, 0.2) is 39.5 Å². The summed E-state index contributed by atoms with van der Waals surface area (Å²) in [5.74, 6) is 0.973. The van der Waals surface area contributed by atoms with Gasteiger partial charge in [-0.25, -0.2) is 0 Å². The SMILES string of the molecule is CCn1ncc(Br)c1CNC(=O)c1noc(C)c1COc1ccc(C)cc1. The third-order valence-electron chi connectivity index (χ3n) is 4.22. The van der Waals surface area contributed by atoms with E-state index >= 15 is 0 Å². The van der Waals surface area contributed by atoms with Crippen LogP contribution in [0.3, 0.4) is 0 Å². The molecule has 0 fully saturated rings. The Labute approximate surface area is 165 Å². The third kappa shape index (κ3) is 4.39. The molecule has 1 aromatic carbocycles. The van der Waals surface area contributed by atoms with E-state index < -0.39 is 0 Å². The van der Waals surface area contributed by atoms with Crippen molar-refractivity contribution in [2.24, 2.45) is 0 Å². The maximum atomic E-state index is 12.6. The minimum atomic E-state index is -0.315. The van der Waals surface area contributed by atoms with Crippen molar-refractivity contribution in [2.45, 2.75) is 40.5 Å². The van der Waals surface area contributed by atoms with Gasteiger partial charge in [-0.3, -0.25) is 9.48 Å². The van der Waals surface area contributed by atoms with Crippen molar-refractivity contribution >= 4 is 21.8 Å². The van der Waals surface area contributed by atoms with Gasteiger partial charge >= 0.3 is 0 Å². The molecular formula is C19H21BrN4O3. The summed E-state index contributed by atoms with van der Waals surface area (Å²) in [4.78, 5) is 12.6. The molecule has 1 N–H and O–H groups in total. The second-order valence-corrected chi connectivity index (χ2v) is 6.96. The van der Waals surface area contributed by atoms with Crippen molar-refractivity contribution in [1.82, 2.24) is 20.3 Å². The fourth-order valence-electron chi connectivity index (χ4n) is 2.61. The first-order valence-corrected chi connectivity index (χ1v) is 9.42. The Balaban J connectivity index is 1.68. The lowest BCUT2D eigenvalue weighted by Gasteiger charge is -2.09. The monoisotopic (exact) mass is 432 g/mol. The quantitative estimate of drug-likeness (QED) is 0.614. The number of amides is 1. The van der Waals surface area contributed by atoms with E-state index in [1.807, 2.05) is 42.8 Å². The predicted octanol–water partition coefficient (Wildman–Crippen LogP) is 3.78. The minimum absolute atomic E-state index is 0.206. The van der Waals surface area contributed by atoms with Crippen molar-refractivity contribution in [3.05, 3.63) is 63.2 Å². The number of carbonyl (C=O) groups is 1. The molecule has 0 unspecified atom stereocenters. The number of nitrogens with one attached hydrogen (secondary N) is 1. The summed E-state index contributed by atoms with van der Waals surface area (Å²) in [6, 6.07) is 7.72. The van der Waals surface area contributed by atoms with Gasteiger partial charge in [-0.1, -0.05) is 22.9 Å². The van der Waals surface area contributed by atoms with Crippen LogP contribution in [0.1, 0.15) is 40.0 Å². The number of hydrogen-bond donors (Lipinski definition) is 1. The topological polar surface area (TPSA) is 82.2 Å². The van der Waals surface area contributed by atoms with E-state index in [1.165, 1.54) is 0 Å². The largest absolute Gasteiger partial charge is 0.489 e.